The Morgan fingerprint density at radius 1 is 1.65 bits per heavy atom. The first-order chi connectivity index (χ1) is 8.04. The molecule has 0 aliphatic rings. The van der Waals surface area contributed by atoms with E-state index in [0.717, 1.165) is 12.8 Å². The van der Waals surface area contributed by atoms with E-state index in [1.165, 1.54) is 0 Å². The predicted octanol–water partition coefficient (Wildman–Crippen LogP) is 1.48. The Morgan fingerprint density at radius 2 is 2.35 bits per heavy atom. The van der Waals surface area contributed by atoms with Crippen LogP contribution in [0, 0.1) is 5.92 Å². The number of carboxylic acids is 1. The van der Waals surface area contributed by atoms with Gasteiger partial charge in [-0.2, -0.15) is 4.98 Å². The molecule has 6 heteroatoms. The van der Waals surface area contributed by atoms with Crippen molar-refractivity contribution >= 4 is 12.0 Å². The predicted molar refractivity (Wildman–Crippen MR) is 62.4 cm³/mol. The van der Waals surface area contributed by atoms with Crippen LogP contribution in [0.2, 0.25) is 0 Å². The van der Waals surface area contributed by atoms with Crippen molar-refractivity contribution in [1.29, 1.82) is 0 Å². The monoisotopic (exact) mass is 242 g/mol. The number of nitrogens with zero attached hydrogens (tertiary/aromatic N) is 2. The summed E-state index contributed by atoms with van der Waals surface area (Å²) in [4.78, 5) is 16.5. The summed E-state index contributed by atoms with van der Waals surface area (Å²) < 4.78 is 10.2. The molecule has 0 aliphatic heterocycles. The van der Waals surface area contributed by atoms with E-state index in [4.69, 9.17) is 14.3 Å². The maximum Gasteiger partial charge on any atom is 0.357 e. The zero-order valence-corrected chi connectivity index (χ0v) is 10.3. The molecule has 17 heavy (non-hydrogen) atoms. The third-order valence-electron chi connectivity index (χ3n) is 2.13. The van der Waals surface area contributed by atoms with Gasteiger partial charge in [-0.05, 0) is 5.92 Å². The number of ether oxygens (including phenoxy) is 1. The summed E-state index contributed by atoms with van der Waals surface area (Å²) in [5, 5.41) is 8.77. The first kappa shape index (κ1) is 13.5. The molecule has 1 rings (SSSR count). The van der Waals surface area contributed by atoms with Crippen LogP contribution in [-0.4, -0.2) is 42.9 Å². The Morgan fingerprint density at radius 3 is 2.82 bits per heavy atom. The molecule has 96 valence electrons. The third-order valence-corrected chi connectivity index (χ3v) is 2.13. The molecule has 0 radical (unpaired) electrons. The maximum absolute atomic E-state index is 10.7. The lowest BCUT2D eigenvalue weighted by atomic mass is 10.2. The van der Waals surface area contributed by atoms with Gasteiger partial charge in [-0.1, -0.05) is 13.8 Å². The van der Waals surface area contributed by atoms with Crippen LogP contribution in [0.25, 0.3) is 0 Å². The summed E-state index contributed by atoms with van der Waals surface area (Å²) in [6.45, 7) is 6.04. The second kappa shape index (κ2) is 6.24. The lowest BCUT2D eigenvalue weighted by molar-refractivity contribution is 0.0690. The second-order valence-electron chi connectivity index (χ2n) is 4.15. The molecule has 0 unspecified atom stereocenters. The molecule has 0 saturated carbocycles. The molecule has 1 N–H and O–H groups in total. The van der Waals surface area contributed by atoms with Gasteiger partial charge in [-0.25, -0.2) is 4.79 Å². The molecule has 0 saturated heterocycles. The summed E-state index contributed by atoms with van der Waals surface area (Å²) in [7, 11) is 1.62. The number of hydrogen-bond acceptors (Lipinski definition) is 5. The van der Waals surface area contributed by atoms with Crippen LogP contribution >= 0.6 is 0 Å². The van der Waals surface area contributed by atoms with E-state index in [1.54, 1.807) is 7.11 Å². The highest BCUT2D eigenvalue weighted by Crippen LogP contribution is 2.15. The second-order valence-corrected chi connectivity index (χ2v) is 4.15. The van der Waals surface area contributed by atoms with Gasteiger partial charge in [-0.15, -0.1) is 0 Å². The summed E-state index contributed by atoms with van der Waals surface area (Å²) in [5.74, 6) is -0.664. The van der Waals surface area contributed by atoms with E-state index in [1.807, 2.05) is 4.90 Å². The van der Waals surface area contributed by atoms with Gasteiger partial charge in [0.25, 0.3) is 6.01 Å². The number of aromatic carboxylic acids is 1. The summed E-state index contributed by atoms with van der Waals surface area (Å²) in [5.41, 5.74) is -0.0776. The highest BCUT2D eigenvalue weighted by molar-refractivity contribution is 5.85. The quantitative estimate of drug-likeness (QED) is 0.780. The van der Waals surface area contributed by atoms with E-state index in [0.29, 0.717) is 25.1 Å². The van der Waals surface area contributed by atoms with E-state index in [9.17, 15) is 4.79 Å². The number of hydrogen-bond donors (Lipinski definition) is 1. The van der Waals surface area contributed by atoms with Crippen LogP contribution in [0.3, 0.4) is 0 Å². The molecule has 0 aromatic carbocycles. The fraction of sp³-hybridized carbons (Fsp3) is 0.636. The maximum atomic E-state index is 10.7. The zero-order chi connectivity index (χ0) is 12.8. The Kier molecular flexibility index (Phi) is 4.96. The van der Waals surface area contributed by atoms with Gasteiger partial charge < -0.3 is 19.2 Å². The molecule has 0 atom stereocenters. The minimum Gasteiger partial charge on any atom is -0.476 e. The largest absolute Gasteiger partial charge is 0.476 e. The molecule has 0 bridgehead atoms. The summed E-state index contributed by atoms with van der Waals surface area (Å²) in [6.07, 6.45) is 1.15. The normalized spacial score (nSPS) is 10.8. The van der Waals surface area contributed by atoms with Crippen LogP contribution in [0.15, 0.2) is 10.7 Å². The van der Waals surface area contributed by atoms with Crippen LogP contribution < -0.4 is 4.90 Å². The Bertz CT molecular complexity index is 362. The number of aromatic nitrogens is 1. The number of methoxy groups -OCH3 is 1. The number of carbonyl (C=O) groups is 1. The van der Waals surface area contributed by atoms with Crippen LogP contribution in [0.4, 0.5) is 6.01 Å². The molecule has 0 amide bonds. The van der Waals surface area contributed by atoms with Gasteiger partial charge in [-0.3, -0.25) is 0 Å². The van der Waals surface area contributed by atoms with Crippen LogP contribution in [0.1, 0.15) is 24.3 Å². The lowest BCUT2D eigenvalue weighted by Gasteiger charge is -2.21. The highest BCUT2D eigenvalue weighted by Gasteiger charge is 2.17. The van der Waals surface area contributed by atoms with E-state index in [-0.39, 0.29) is 5.69 Å². The molecule has 0 spiro atoms. The summed E-state index contributed by atoms with van der Waals surface area (Å²) in [6, 6.07) is 0.327. The van der Waals surface area contributed by atoms with E-state index in [2.05, 4.69) is 18.8 Å². The molecule has 1 aromatic heterocycles. The van der Waals surface area contributed by atoms with Crippen LogP contribution in [0.5, 0.6) is 0 Å². The number of oxazole rings is 1. The average Bonchev–Trinajstić information content (AvgIpc) is 2.72. The molecule has 6 nitrogen and oxygen atoms in total. The standard InChI is InChI=1S/C11H18N2O4/c1-8(2)6-13(4-5-16-3)11-12-9(7-17-11)10(14)15/h7-8H,4-6H2,1-3H3,(H,14,15). The van der Waals surface area contributed by atoms with Crippen molar-refractivity contribution in [2.45, 2.75) is 13.8 Å². The first-order valence-corrected chi connectivity index (χ1v) is 5.47. The van der Waals surface area contributed by atoms with Crippen molar-refractivity contribution in [3.8, 4) is 0 Å². The lowest BCUT2D eigenvalue weighted by Crippen LogP contribution is -2.31. The number of rotatable bonds is 7. The molecular weight excluding hydrogens is 224 g/mol. The van der Waals surface area contributed by atoms with Crippen molar-refractivity contribution in [3.05, 3.63) is 12.0 Å². The molecular formula is C11H18N2O4. The molecule has 0 fully saturated rings. The van der Waals surface area contributed by atoms with Gasteiger partial charge in [0.05, 0.1) is 6.61 Å². The number of carboxylic acid groups (broad SMARTS) is 1. The van der Waals surface area contributed by atoms with Crippen LogP contribution in [-0.2, 0) is 4.74 Å². The van der Waals surface area contributed by atoms with Crippen molar-refractivity contribution in [1.82, 2.24) is 4.98 Å². The third kappa shape index (κ3) is 4.07. The Balaban J connectivity index is 2.76. The fourth-order valence-corrected chi connectivity index (χ4v) is 1.42. The summed E-state index contributed by atoms with van der Waals surface area (Å²) >= 11 is 0. The Hall–Kier alpha value is -1.56. The fourth-order valence-electron chi connectivity index (χ4n) is 1.42. The van der Waals surface area contributed by atoms with Crippen molar-refractivity contribution in [2.75, 3.05) is 31.7 Å². The smallest absolute Gasteiger partial charge is 0.357 e. The highest BCUT2D eigenvalue weighted by atomic mass is 16.5. The minimum absolute atomic E-state index is 0.0776. The molecule has 1 aromatic rings. The van der Waals surface area contributed by atoms with Gasteiger partial charge in [0, 0.05) is 20.2 Å². The van der Waals surface area contributed by atoms with Gasteiger partial charge >= 0.3 is 5.97 Å². The zero-order valence-electron chi connectivity index (χ0n) is 10.3. The average molecular weight is 242 g/mol. The van der Waals surface area contributed by atoms with Crippen molar-refractivity contribution < 1.29 is 19.1 Å². The van der Waals surface area contributed by atoms with Gasteiger partial charge in [0.15, 0.2) is 5.69 Å². The van der Waals surface area contributed by atoms with Gasteiger partial charge in [0.2, 0.25) is 0 Å². The number of anilines is 1. The van der Waals surface area contributed by atoms with E-state index >= 15 is 0 Å². The van der Waals surface area contributed by atoms with Crippen molar-refractivity contribution in [3.63, 3.8) is 0 Å². The SMILES string of the molecule is COCCN(CC(C)C)c1nc(C(=O)O)co1. The molecule has 0 aliphatic carbocycles. The van der Waals surface area contributed by atoms with E-state index < -0.39 is 5.97 Å². The Labute approximate surface area is 100 Å². The molecule has 1 heterocycles. The van der Waals surface area contributed by atoms with Gasteiger partial charge in [0.1, 0.15) is 6.26 Å². The topological polar surface area (TPSA) is 75.8 Å². The first-order valence-electron chi connectivity index (χ1n) is 5.47. The van der Waals surface area contributed by atoms with Crippen molar-refractivity contribution in [2.24, 2.45) is 5.92 Å². The minimum atomic E-state index is -1.09.